The molecule has 0 aliphatic carbocycles. The lowest BCUT2D eigenvalue weighted by atomic mass is 10.1. The summed E-state index contributed by atoms with van der Waals surface area (Å²) >= 11 is 0. The third-order valence-corrected chi connectivity index (χ3v) is 3.57. The van der Waals surface area contributed by atoms with Crippen molar-refractivity contribution in [2.45, 2.75) is 12.2 Å². The summed E-state index contributed by atoms with van der Waals surface area (Å²) in [4.78, 5) is 21.4. The fourth-order valence-corrected chi connectivity index (χ4v) is 2.33. The smallest absolute Gasteiger partial charge is 0.367 e. The molecule has 1 saturated heterocycles. The highest BCUT2D eigenvalue weighted by Crippen LogP contribution is 2.31. The van der Waals surface area contributed by atoms with Gasteiger partial charge in [0.25, 0.3) is 0 Å². The monoisotopic (exact) mass is 337 g/mol. The number of benzene rings is 1. The van der Waals surface area contributed by atoms with Crippen molar-refractivity contribution in [1.29, 1.82) is 0 Å². The number of aromatic nitrogens is 2. The van der Waals surface area contributed by atoms with E-state index in [1.807, 2.05) is 4.90 Å². The summed E-state index contributed by atoms with van der Waals surface area (Å²) < 4.78 is 37.6. The van der Waals surface area contributed by atoms with E-state index < -0.39 is 17.8 Å². The minimum absolute atomic E-state index is 0.0870. The molecule has 0 spiro atoms. The SMILES string of the molecule is O=C(Nc1ncccn1)NC1CN(c2ccc(C(F)(F)F)cc2)C1. The molecule has 0 atom stereocenters. The van der Waals surface area contributed by atoms with E-state index in [-0.39, 0.29) is 12.0 Å². The van der Waals surface area contributed by atoms with Gasteiger partial charge < -0.3 is 10.2 Å². The number of halogens is 3. The van der Waals surface area contributed by atoms with E-state index >= 15 is 0 Å². The first kappa shape index (κ1) is 16.0. The predicted octanol–water partition coefficient (Wildman–Crippen LogP) is 2.51. The molecule has 9 heteroatoms. The van der Waals surface area contributed by atoms with Gasteiger partial charge in [0, 0.05) is 31.2 Å². The van der Waals surface area contributed by atoms with Crippen molar-refractivity contribution in [2.75, 3.05) is 23.3 Å². The van der Waals surface area contributed by atoms with Gasteiger partial charge in [-0.05, 0) is 30.3 Å². The Morgan fingerprint density at radius 3 is 2.33 bits per heavy atom. The molecule has 0 unspecified atom stereocenters. The quantitative estimate of drug-likeness (QED) is 0.903. The first-order valence-electron chi connectivity index (χ1n) is 7.18. The number of rotatable bonds is 3. The Bertz CT molecular complexity index is 699. The van der Waals surface area contributed by atoms with Crippen LogP contribution in [-0.4, -0.2) is 35.1 Å². The van der Waals surface area contributed by atoms with Gasteiger partial charge in [-0.3, -0.25) is 5.32 Å². The Morgan fingerprint density at radius 1 is 1.12 bits per heavy atom. The number of urea groups is 1. The van der Waals surface area contributed by atoms with Gasteiger partial charge in [0.15, 0.2) is 0 Å². The average Bonchev–Trinajstić information content (AvgIpc) is 2.51. The summed E-state index contributed by atoms with van der Waals surface area (Å²) in [5.41, 5.74) is 0.0107. The van der Waals surface area contributed by atoms with Gasteiger partial charge in [-0.15, -0.1) is 0 Å². The molecule has 6 nitrogen and oxygen atoms in total. The first-order valence-corrected chi connectivity index (χ1v) is 7.18. The summed E-state index contributed by atoms with van der Waals surface area (Å²) in [6.45, 7) is 1.04. The van der Waals surface area contributed by atoms with Crippen LogP contribution in [0.4, 0.5) is 29.6 Å². The maximum atomic E-state index is 12.5. The van der Waals surface area contributed by atoms with E-state index in [0.29, 0.717) is 18.8 Å². The Labute approximate surface area is 135 Å². The van der Waals surface area contributed by atoms with E-state index in [1.54, 1.807) is 6.07 Å². The average molecular weight is 337 g/mol. The number of nitrogens with zero attached hydrogens (tertiary/aromatic N) is 3. The Kier molecular flexibility index (Phi) is 4.24. The Morgan fingerprint density at radius 2 is 1.75 bits per heavy atom. The van der Waals surface area contributed by atoms with Crippen LogP contribution in [0.15, 0.2) is 42.7 Å². The van der Waals surface area contributed by atoms with Crippen molar-refractivity contribution < 1.29 is 18.0 Å². The minimum atomic E-state index is -4.34. The summed E-state index contributed by atoms with van der Waals surface area (Å²) in [5, 5.41) is 5.25. The number of alkyl halides is 3. The van der Waals surface area contributed by atoms with Crippen LogP contribution in [0.2, 0.25) is 0 Å². The molecule has 2 aromatic rings. The Hall–Kier alpha value is -2.84. The van der Waals surface area contributed by atoms with Gasteiger partial charge in [0.2, 0.25) is 5.95 Å². The van der Waals surface area contributed by atoms with Crippen LogP contribution in [0.3, 0.4) is 0 Å². The molecule has 24 heavy (non-hydrogen) atoms. The molecular formula is C15H14F3N5O. The molecule has 1 aliphatic rings. The van der Waals surface area contributed by atoms with Gasteiger partial charge in [-0.1, -0.05) is 0 Å². The lowest BCUT2D eigenvalue weighted by molar-refractivity contribution is -0.137. The van der Waals surface area contributed by atoms with Crippen molar-refractivity contribution in [3.8, 4) is 0 Å². The van der Waals surface area contributed by atoms with Crippen LogP contribution in [-0.2, 0) is 6.18 Å². The lowest BCUT2D eigenvalue weighted by Gasteiger charge is -2.41. The zero-order valence-electron chi connectivity index (χ0n) is 12.4. The largest absolute Gasteiger partial charge is 0.416 e. The predicted molar refractivity (Wildman–Crippen MR) is 81.6 cm³/mol. The summed E-state index contributed by atoms with van der Waals surface area (Å²) in [5.74, 6) is 0.203. The number of hydrogen-bond acceptors (Lipinski definition) is 4. The summed E-state index contributed by atoms with van der Waals surface area (Å²) in [6, 6.07) is 6.09. The minimum Gasteiger partial charge on any atom is -0.367 e. The zero-order chi connectivity index (χ0) is 17.2. The highest BCUT2D eigenvalue weighted by molar-refractivity contribution is 5.87. The molecule has 2 amide bonds. The van der Waals surface area contributed by atoms with Crippen LogP contribution < -0.4 is 15.5 Å². The van der Waals surface area contributed by atoms with Gasteiger partial charge in [-0.25, -0.2) is 14.8 Å². The molecule has 2 heterocycles. The highest BCUT2D eigenvalue weighted by atomic mass is 19.4. The summed E-state index contributed by atoms with van der Waals surface area (Å²) in [6.07, 6.45) is -1.31. The lowest BCUT2D eigenvalue weighted by Crippen LogP contribution is -2.60. The molecule has 0 saturated carbocycles. The van der Waals surface area contributed by atoms with E-state index in [2.05, 4.69) is 20.6 Å². The van der Waals surface area contributed by atoms with Crippen LogP contribution in [0.5, 0.6) is 0 Å². The molecule has 1 aromatic heterocycles. The topological polar surface area (TPSA) is 70.1 Å². The van der Waals surface area contributed by atoms with Crippen LogP contribution in [0.25, 0.3) is 0 Å². The van der Waals surface area contributed by atoms with Crippen molar-refractivity contribution in [3.05, 3.63) is 48.3 Å². The molecule has 2 N–H and O–H groups in total. The maximum absolute atomic E-state index is 12.5. The number of anilines is 2. The van der Waals surface area contributed by atoms with Gasteiger partial charge in [0.05, 0.1) is 11.6 Å². The molecule has 1 fully saturated rings. The van der Waals surface area contributed by atoms with Crippen LogP contribution >= 0.6 is 0 Å². The second kappa shape index (κ2) is 6.34. The van der Waals surface area contributed by atoms with Gasteiger partial charge in [0.1, 0.15) is 0 Å². The van der Waals surface area contributed by atoms with E-state index in [4.69, 9.17) is 0 Å². The van der Waals surface area contributed by atoms with Crippen LogP contribution in [0.1, 0.15) is 5.56 Å². The molecule has 3 rings (SSSR count). The molecular weight excluding hydrogens is 323 g/mol. The second-order valence-electron chi connectivity index (χ2n) is 5.32. The van der Waals surface area contributed by atoms with Crippen molar-refractivity contribution in [3.63, 3.8) is 0 Å². The zero-order valence-corrected chi connectivity index (χ0v) is 12.4. The number of nitrogens with one attached hydrogen (secondary N) is 2. The Balaban J connectivity index is 1.48. The normalized spacial score (nSPS) is 14.9. The van der Waals surface area contributed by atoms with Gasteiger partial charge >= 0.3 is 12.2 Å². The van der Waals surface area contributed by atoms with Crippen molar-refractivity contribution in [1.82, 2.24) is 15.3 Å². The van der Waals surface area contributed by atoms with Crippen molar-refractivity contribution >= 4 is 17.7 Å². The number of amides is 2. The molecule has 1 aromatic carbocycles. The molecule has 0 bridgehead atoms. The number of carbonyl (C=O) groups excluding carboxylic acids is 1. The second-order valence-corrected chi connectivity index (χ2v) is 5.32. The van der Waals surface area contributed by atoms with E-state index in [1.165, 1.54) is 24.5 Å². The standard InChI is InChI=1S/C15H14F3N5O/c16-15(17,18)10-2-4-12(5-3-10)23-8-11(9-23)21-14(24)22-13-19-6-1-7-20-13/h1-7,11H,8-9H2,(H2,19,20,21,22,24). The fraction of sp³-hybridized carbons (Fsp3) is 0.267. The summed E-state index contributed by atoms with van der Waals surface area (Å²) in [7, 11) is 0. The highest BCUT2D eigenvalue weighted by Gasteiger charge is 2.32. The third kappa shape index (κ3) is 3.73. The van der Waals surface area contributed by atoms with Crippen LogP contribution in [0, 0.1) is 0 Å². The fourth-order valence-electron chi connectivity index (χ4n) is 2.33. The van der Waals surface area contributed by atoms with Crippen molar-refractivity contribution in [2.24, 2.45) is 0 Å². The van der Waals surface area contributed by atoms with E-state index in [9.17, 15) is 18.0 Å². The molecule has 0 radical (unpaired) electrons. The molecule has 1 aliphatic heterocycles. The number of hydrogen-bond donors (Lipinski definition) is 2. The number of carbonyl (C=O) groups is 1. The van der Waals surface area contributed by atoms with Gasteiger partial charge in [-0.2, -0.15) is 13.2 Å². The van der Waals surface area contributed by atoms with E-state index in [0.717, 1.165) is 12.1 Å². The third-order valence-electron chi connectivity index (χ3n) is 3.57. The first-order chi connectivity index (χ1) is 11.4. The maximum Gasteiger partial charge on any atom is 0.416 e. The molecule has 126 valence electrons.